The number of oxime groups is 1. The Balaban J connectivity index is 0.000000126. The summed E-state index contributed by atoms with van der Waals surface area (Å²) >= 11 is 28.7. The van der Waals surface area contributed by atoms with Gasteiger partial charge in [0.05, 0.1) is 40.9 Å². The molecule has 120 heavy (non-hydrogen) atoms. The van der Waals surface area contributed by atoms with E-state index in [4.69, 9.17) is 51.2 Å². The quantitative estimate of drug-likeness (QED) is 0.0161. The number of carbonyl (C=O) groups is 2. The van der Waals surface area contributed by atoms with E-state index in [1.807, 2.05) is 218 Å². The van der Waals surface area contributed by atoms with Gasteiger partial charge in [-0.2, -0.15) is 0 Å². The Morgan fingerprint density at radius 2 is 1.02 bits per heavy atom. The molecule has 27 heteroatoms. The van der Waals surface area contributed by atoms with Gasteiger partial charge >= 0.3 is 0 Å². The third-order valence-corrected chi connectivity index (χ3v) is 22.7. The fourth-order valence-corrected chi connectivity index (χ4v) is 15.7. The second kappa shape index (κ2) is 43.8. The fourth-order valence-electron chi connectivity index (χ4n) is 12.5. The van der Waals surface area contributed by atoms with Crippen molar-refractivity contribution in [2.75, 3.05) is 12.3 Å². The van der Waals surface area contributed by atoms with Gasteiger partial charge in [-0.25, -0.2) is 19.9 Å². The molecule has 5 N–H and O–H groups in total. The minimum absolute atomic E-state index is 0.156. The number of aryl methyl sites for hydroxylation is 1. The minimum atomic E-state index is -0.156. The first-order chi connectivity index (χ1) is 58.1. The number of H-pyrrole nitrogens is 1. The zero-order valence-corrected chi connectivity index (χ0v) is 77.1. The zero-order valence-electron chi connectivity index (χ0n) is 64.1. The summed E-state index contributed by atoms with van der Waals surface area (Å²) in [5, 5.41) is 35.5. The maximum absolute atomic E-state index is 11.5. The van der Waals surface area contributed by atoms with Crippen molar-refractivity contribution in [1.82, 2.24) is 49.0 Å². The lowest BCUT2D eigenvalue weighted by molar-refractivity contribution is 0.0993. The monoisotopic (exact) mass is 2200 g/mol. The molecule has 0 spiro atoms. The van der Waals surface area contributed by atoms with Crippen molar-refractivity contribution in [1.29, 1.82) is 5.41 Å². The number of Topliss-reactive ketones (excluding diaryl/α,β-unsaturated/α-hetero) is 2. The van der Waals surface area contributed by atoms with Crippen molar-refractivity contribution in [3.05, 3.63) is 376 Å². The molecule has 2 aliphatic rings. The highest BCUT2D eigenvalue weighted by molar-refractivity contribution is 14.1. The summed E-state index contributed by atoms with van der Waals surface area (Å²) in [6.07, 6.45) is 25.4. The molecule has 0 unspecified atom stereocenters. The van der Waals surface area contributed by atoms with Gasteiger partial charge in [0, 0.05) is 141 Å². The maximum Gasteiger partial charge on any atom is 0.211 e. The molecule has 0 fully saturated rings. The average Bonchev–Trinajstić information content (AvgIpc) is 1.58. The molecule has 19 nitrogen and oxygen atoms in total. The van der Waals surface area contributed by atoms with Crippen LogP contribution in [-0.2, 0) is 17.7 Å². The molecule has 0 atom stereocenters. The number of hydrogen-bond acceptors (Lipinski definition) is 16. The van der Waals surface area contributed by atoms with E-state index in [-0.39, 0.29) is 11.5 Å². The van der Waals surface area contributed by atoms with Gasteiger partial charge in [-0.3, -0.25) is 39.1 Å². The highest BCUT2D eigenvalue weighted by Crippen LogP contribution is 2.30. The number of nitrogens with one attached hydrogen (secondary N) is 2. The number of aromatic amines is 1. The van der Waals surface area contributed by atoms with E-state index in [1.54, 1.807) is 24.7 Å². The summed E-state index contributed by atoms with van der Waals surface area (Å²) < 4.78 is 9.85. The van der Waals surface area contributed by atoms with E-state index in [2.05, 4.69) is 253 Å². The Labute approximate surface area is 774 Å². The molecular weight excluding hydrogens is 2130 g/mol. The first-order valence-electron chi connectivity index (χ1n) is 37.2. The molecule has 0 saturated heterocycles. The van der Waals surface area contributed by atoms with E-state index < -0.39 is 0 Å². The smallest absolute Gasteiger partial charge is 0.211 e. The van der Waals surface area contributed by atoms with Gasteiger partial charge in [-0.1, -0.05) is 151 Å². The Kier molecular flexibility index (Phi) is 32.4. The molecule has 0 bridgehead atoms. The molecule has 10 aromatic heterocycles. The van der Waals surface area contributed by atoms with Crippen LogP contribution in [0.4, 0.5) is 5.69 Å². The van der Waals surface area contributed by atoms with Gasteiger partial charge in [0.25, 0.3) is 0 Å². The van der Waals surface area contributed by atoms with Crippen LogP contribution in [0.5, 0.6) is 0 Å². The average molecular weight is 2210 g/mol. The van der Waals surface area contributed by atoms with Crippen LogP contribution in [0.3, 0.4) is 0 Å². The van der Waals surface area contributed by atoms with Crippen molar-refractivity contribution >= 4 is 252 Å². The number of pyridine rings is 7. The normalized spacial score (nSPS) is 11.8. The molecule has 600 valence electrons. The largest absolute Gasteiger partial charge is 0.411 e. The Morgan fingerprint density at radius 1 is 0.517 bits per heavy atom. The summed E-state index contributed by atoms with van der Waals surface area (Å²) in [6.45, 7) is 4.57. The lowest BCUT2D eigenvalue weighted by Crippen LogP contribution is -2.06. The third kappa shape index (κ3) is 24.5. The van der Waals surface area contributed by atoms with E-state index in [1.165, 1.54) is 28.9 Å². The Hall–Kier alpha value is -10.3. The number of nitrogens with two attached hydrogens (primary N) is 1. The predicted molar refractivity (Wildman–Crippen MR) is 528 cm³/mol. The number of carbonyl (C=O) groups excluding carboxylic acids is 2. The number of ketones is 2. The van der Waals surface area contributed by atoms with E-state index in [0.29, 0.717) is 57.9 Å². The third-order valence-electron chi connectivity index (χ3n) is 18.6. The first kappa shape index (κ1) is 88.9. The van der Waals surface area contributed by atoms with Crippen molar-refractivity contribution < 1.29 is 19.6 Å². The van der Waals surface area contributed by atoms with E-state index in [9.17, 15) is 14.5 Å². The maximum atomic E-state index is 11.5. The van der Waals surface area contributed by atoms with Gasteiger partial charge in [-0.15, -0.1) is 4.91 Å². The van der Waals surface area contributed by atoms with Gasteiger partial charge < -0.3 is 20.8 Å². The molecule has 0 aliphatic heterocycles. The number of anilines is 1. The molecule has 2 aliphatic carbocycles. The predicted octanol–water partition coefficient (Wildman–Crippen LogP) is 25.6. The van der Waals surface area contributed by atoms with Crippen LogP contribution in [0.2, 0.25) is 15.5 Å². The van der Waals surface area contributed by atoms with Gasteiger partial charge in [0.2, 0.25) is 5.78 Å². The van der Waals surface area contributed by atoms with Crippen LogP contribution in [0.15, 0.2) is 315 Å². The first-order valence-corrected chi connectivity index (χ1v) is 43.7. The van der Waals surface area contributed by atoms with E-state index in [0.717, 1.165) is 123 Å². The lowest BCUT2D eigenvalue weighted by atomic mass is 10.0. The number of halogens is 8. The highest BCUT2D eigenvalue weighted by Gasteiger charge is 2.27. The van der Waals surface area contributed by atoms with Crippen LogP contribution in [0, 0.1) is 34.1 Å². The van der Waals surface area contributed by atoms with Gasteiger partial charge in [-0.05, 0) is 309 Å². The molecule has 8 aromatic carbocycles. The standard InChI is InChI=1S/C16H10IN3.C16H12N4.C13H11N.C9H4Cl2IN.C9H5ClIN.C9H6INO2.C9H7IO.C7H6N2.C5H11NO2/c2*17-14-2-1-12-8-16(19-9-13(12)7-14)20-6-4-11-3-5-18-10-15(11)20;14-13(11-7-3-1-4-8-11)12-9-5-2-6-10-12;10-8-3-5-1-2-6(12)4-7(5)9(11)13-8;10-9-4-6-1-2-8(11)3-7(6)5-12-9;10-6-2-1-5-3-8(11-13)9(12)7(5)4-6;10-7-3-1-6-2-4-9(11)8(6)5-7;1-3-8-5-7-6(1)2-4-9-7;1-5(2)3-4-8-6-7/h1-10H;1-10H,17H2;1-10,14H;1-4H;1-5H;1-2,4,13H,3H2;1,3,5H,2,4H2;1-5,9H;5H,3-4H2,1-2H3/b;;;;;11-8+;;;. The second-order valence-corrected chi connectivity index (χ2v) is 34.6. The lowest BCUT2D eigenvalue weighted by Gasteiger charge is -2.06. The Morgan fingerprint density at radius 3 is 1.59 bits per heavy atom. The molecule has 20 rings (SSSR count). The summed E-state index contributed by atoms with van der Waals surface area (Å²) in [4.78, 5) is 68.7. The fraction of sp³-hybridized carbons (Fsp3) is 0.0860. The molecule has 18 aromatic rings. The van der Waals surface area contributed by atoms with E-state index >= 15 is 0 Å². The van der Waals surface area contributed by atoms with Crippen molar-refractivity contribution in [3.8, 4) is 11.6 Å². The van der Waals surface area contributed by atoms with Gasteiger partial charge in [0.1, 0.15) is 39.4 Å². The van der Waals surface area contributed by atoms with Crippen molar-refractivity contribution in [2.24, 2.45) is 16.4 Å². The number of benzene rings is 8. The number of hydrogen-bond donors (Lipinski definition) is 4. The number of fused-ring (bicyclic) bond motifs is 9. The molecule has 10 heterocycles. The molecular formula is C93H72Cl3I5N14O5. The minimum Gasteiger partial charge on any atom is -0.411 e. The number of nitrogen functional groups attached to an aromatic ring is 1. The molecule has 0 radical (unpaired) electrons. The summed E-state index contributed by atoms with van der Waals surface area (Å²) in [5.41, 5.74) is 16.3. The Bertz CT molecular complexity index is 6430. The van der Waals surface area contributed by atoms with Crippen LogP contribution in [0.1, 0.15) is 69.7 Å². The number of aromatic nitrogens is 10. The van der Waals surface area contributed by atoms with Crippen LogP contribution in [-0.4, -0.2) is 83.8 Å². The van der Waals surface area contributed by atoms with Crippen molar-refractivity contribution in [2.45, 2.75) is 39.5 Å². The summed E-state index contributed by atoms with van der Waals surface area (Å²) in [6, 6.07) is 75.7. The summed E-state index contributed by atoms with van der Waals surface area (Å²) in [5.74, 6) is 2.53. The van der Waals surface area contributed by atoms with Gasteiger partial charge in [0.15, 0.2) is 11.1 Å². The number of nitrogens with zero attached hydrogens (tertiary/aromatic N) is 11. The molecule has 0 amide bonds. The summed E-state index contributed by atoms with van der Waals surface area (Å²) in [7, 11) is 0. The SMILES string of the molecule is CC(C)CCON=O.Clc1cc2ccc(I)cc2c(Cl)n1.Clc1cc2ccc(I)cc2cn1.Ic1ccc2cc(-n3ccc4ccncc43)ncc2c1.N=C(c1ccccc1)c1ccccc1.Nc1ccc2cc(-n3ccc4ccncc43)ncc2c1.O=C1/C(=N/O)Cc2ccc(I)cc21.O=C1CCc2ccc(I)cc21.c1cc2cc[nH]c2cn1. The second-order valence-electron chi connectivity index (χ2n) is 27.2. The van der Waals surface area contributed by atoms with Crippen LogP contribution < -0.4 is 5.73 Å². The van der Waals surface area contributed by atoms with Crippen LogP contribution in [0.25, 0.3) is 87.4 Å². The topological polar surface area (TPSA) is 271 Å². The molecule has 0 saturated carbocycles. The zero-order chi connectivity index (χ0) is 84.6. The van der Waals surface area contributed by atoms with Crippen LogP contribution >= 0.6 is 148 Å². The van der Waals surface area contributed by atoms with Crippen molar-refractivity contribution in [3.63, 3.8) is 0 Å². The number of rotatable bonds is 8. The highest BCUT2D eigenvalue weighted by atomic mass is 127.